The topological polar surface area (TPSA) is 51.1 Å². The summed E-state index contributed by atoms with van der Waals surface area (Å²) in [6, 6.07) is 0.237. The van der Waals surface area contributed by atoms with Crippen LogP contribution in [0.15, 0.2) is 5.10 Å². The molecule has 2 heterocycles. The van der Waals surface area contributed by atoms with Gasteiger partial charge in [-0.25, -0.2) is 4.79 Å². The molecule has 0 aromatic rings. The Labute approximate surface area is 127 Å². The minimum Gasteiger partial charge on any atom is -0.457 e. The average Bonchev–Trinajstić information content (AvgIpc) is 3.03. The molecule has 0 N–H and O–H groups in total. The molecule has 2 aliphatic rings. The van der Waals surface area contributed by atoms with Crippen molar-refractivity contribution in [2.45, 2.75) is 71.1 Å². The summed E-state index contributed by atoms with van der Waals surface area (Å²) >= 11 is 0. The quantitative estimate of drug-likeness (QED) is 0.732. The lowest BCUT2D eigenvalue weighted by Gasteiger charge is -2.40. The molecular formula is C16H28N2O3. The number of hydrogen-bond donors (Lipinski definition) is 0. The van der Waals surface area contributed by atoms with Crippen LogP contribution in [-0.2, 0) is 14.3 Å². The van der Waals surface area contributed by atoms with Gasteiger partial charge in [-0.15, -0.1) is 0 Å². The fourth-order valence-electron chi connectivity index (χ4n) is 3.56. The maximum Gasteiger partial charge on any atom is 0.355 e. The van der Waals surface area contributed by atoms with Gasteiger partial charge in [-0.1, -0.05) is 20.8 Å². The molecule has 0 unspecified atom stereocenters. The second-order valence-corrected chi connectivity index (χ2v) is 6.18. The molecule has 2 saturated heterocycles. The summed E-state index contributed by atoms with van der Waals surface area (Å²) in [7, 11) is 1.78. The molecule has 120 valence electrons. The van der Waals surface area contributed by atoms with Crippen LogP contribution in [0.2, 0.25) is 0 Å². The highest BCUT2D eigenvalue weighted by Gasteiger charge is 2.43. The van der Waals surface area contributed by atoms with Gasteiger partial charge >= 0.3 is 5.97 Å². The molecule has 0 amide bonds. The first-order valence-electron chi connectivity index (χ1n) is 8.10. The van der Waals surface area contributed by atoms with E-state index in [0.29, 0.717) is 5.71 Å². The van der Waals surface area contributed by atoms with E-state index < -0.39 is 0 Å². The van der Waals surface area contributed by atoms with Gasteiger partial charge in [-0.2, -0.15) is 5.10 Å². The smallest absolute Gasteiger partial charge is 0.355 e. The Morgan fingerprint density at radius 2 is 2.05 bits per heavy atom. The number of carbonyl (C=O) groups excluding carboxylic acids is 1. The van der Waals surface area contributed by atoms with Gasteiger partial charge < -0.3 is 9.47 Å². The van der Waals surface area contributed by atoms with Crippen molar-refractivity contribution in [3.05, 3.63) is 0 Å². The monoisotopic (exact) mass is 296 g/mol. The van der Waals surface area contributed by atoms with Gasteiger partial charge in [0.1, 0.15) is 6.10 Å². The standard InChI is InChI=1S/C16H28N2O3/c1-6-16(7-2,20-5)13-9-8-10-18(13)17-14-11(3)12(4)21-15(14)19/h11-13H,6-10H2,1-5H3/b17-14+/t11-,12-,13+/m1/s1. The number of hydrogen-bond acceptors (Lipinski definition) is 5. The largest absolute Gasteiger partial charge is 0.457 e. The number of hydrazone groups is 1. The van der Waals surface area contributed by atoms with Gasteiger partial charge in [0.2, 0.25) is 0 Å². The zero-order valence-corrected chi connectivity index (χ0v) is 13.9. The maximum absolute atomic E-state index is 11.9. The van der Waals surface area contributed by atoms with Crippen LogP contribution in [0.5, 0.6) is 0 Å². The minimum atomic E-state index is -0.267. The Kier molecular flexibility index (Phi) is 4.91. The van der Waals surface area contributed by atoms with Gasteiger partial charge in [-0.05, 0) is 32.6 Å². The highest BCUT2D eigenvalue weighted by atomic mass is 16.6. The first-order valence-corrected chi connectivity index (χ1v) is 8.10. The van der Waals surface area contributed by atoms with E-state index in [9.17, 15) is 4.79 Å². The van der Waals surface area contributed by atoms with Crippen molar-refractivity contribution < 1.29 is 14.3 Å². The Bertz CT molecular complexity index is 409. The number of ether oxygens (including phenoxy) is 2. The van der Waals surface area contributed by atoms with Crippen LogP contribution in [0.25, 0.3) is 0 Å². The van der Waals surface area contributed by atoms with E-state index in [4.69, 9.17) is 9.47 Å². The normalized spacial score (nSPS) is 32.0. The number of esters is 1. The van der Waals surface area contributed by atoms with Crippen molar-refractivity contribution in [2.24, 2.45) is 11.0 Å². The molecule has 2 fully saturated rings. The lowest BCUT2D eigenvalue weighted by Crippen LogP contribution is -2.49. The summed E-state index contributed by atoms with van der Waals surface area (Å²) in [6.07, 6.45) is 3.96. The van der Waals surface area contributed by atoms with Gasteiger partial charge in [0.25, 0.3) is 0 Å². The highest BCUT2D eigenvalue weighted by Crippen LogP contribution is 2.35. The predicted octanol–water partition coefficient (Wildman–Crippen LogP) is 2.59. The SMILES string of the molecule is CCC(CC)(OC)[C@@H]1CCCN1/N=C1/C(=O)O[C@H](C)[C@H]1C. The molecule has 5 heteroatoms. The third-order valence-corrected chi connectivity index (χ3v) is 5.31. The van der Waals surface area contributed by atoms with E-state index in [-0.39, 0.29) is 29.6 Å². The lowest BCUT2D eigenvalue weighted by atomic mass is 9.87. The van der Waals surface area contributed by atoms with Crippen LogP contribution in [-0.4, -0.2) is 48.1 Å². The van der Waals surface area contributed by atoms with E-state index in [0.717, 1.165) is 32.2 Å². The fourth-order valence-corrected chi connectivity index (χ4v) is 3.56. The molecular weight excluding hydrogens is 268 g/mol. The molecule has 0 saturated carbocycles. The van der Waals surface area contributed by atoms with Crippen LogP contribution in [0, 0.1) is 5.92 Å². The summed E-state index contributed by atoms with van der Waals surface area (Å²) in [5.74, 6) is -0.212. The molecule has 0 aromatic carbocycles. The molecule has 21 heavy (non-hydrogen) atoms. The minimum absolute atomic E-state index is 0.0546. The maximum atomic E-state index is 11.9. The van der Waals surface area contributed by atoms with E-state index in [1.165, 1.54) is 0 Å². The summed E-state index contributed by atoms with van der Waals surface area (Å²) < 4.78 is 11.1. The molecule has 0 spiro atoms. The molecule has 0 aliphatic carbocycles. The van der Waals surface area contributed by atoms with Gasteiger partial charge in [0.05, 0.1) is 11.6 Å². The third kappa shape index (κ3) is 2.80. The van der Waals surface area contributed by atoms with Gasteiger partial charge in [0, 0.05) is 19.6 Å². The van der Waals surface area contributed by atoms with E-state index in [2.05, 4.69) is 24.0 Å². The summed E-state index contributed by atoms with van der Waals surface area (Å²) in [5.41, 5.74) is 0.379. The van der Waals surface area contributed by atoms with E-state index in [1.807, 2.05) is 13.8 Å². The Hall–Kier alpha value is -1.10. The molecule has 5 nitrogen and oxygen atoms in total. The van der Waals surface area contributed by atoms with Crippen LogP contribution < -0.4 is 0 Å². The predicted molar refractivity (Wildman–Crippen MR) is 82.2 cm³/mol. The Balaban J connectivity index is 2.25. The zero-order chi connectivity index (χ0) is 15.6. The van der Waals surface area contributed by atoms with Gasteiger partial charge in [0.15, 0.2) is 5.71 Å². The highest BCUT2D eigenvalue weighted by molar-refractivity contribution is 6.38. The number of methoxy groups -OCH3 is 1. The molecule has 0 bridgehead atoms. The van der Waals surface area contributed by atoms with Crippen molar-refractivity contribution in [3.8, 4) is 0 Å². The van der Waals surface area contributed by atoms with E-state index >= 15 is 0 Å². The lowest BCUT2D eigenvalue weighted by molar-refractivity contribution is -0.136. The van der Waals surface area contributed by atoms with Crippen molar-refractivity contribution in [1.29, 1.82) is 0 Å². The summed E-state index contributed by atoms with van der Waals surface area (Å²) in [4.78, 5) is 11.9. The van der Waals surface area contributed by atoms with Crippen molar-refractivity contribution in [1.82, 2.24) is 5.01 Å². The van der Waals surface area contributed by atoms with Crippen molar-refractivity contribution in [2.75, 3.05) is 13.7 Å². The van der Waals surface area contributed by atoms with Crippen molar-refractivity contribution >= 4 is 11.7 Å². The first kappa shape index (κ1) is 16.3. The third-order valence-electron chi connectivity index (χ3n) is 5.31. The molecule has 0 aromatic heterocycles. The van der Waals surface area contributed by atoms with Crippen LogP contribution in [0.1, 0.15) is 53.4 Å². The molecule has 2 aliphatic heterocycles. The zero-order valence-electron chi connectivity index (χ0n) is 13.9. The second kappa shape index (κ2) is 6.34. The van der Waals surface area contributed by atoms with Gasteiger partial charge in [-0.3, -0.25) is 5.01 Å². The summed E-state index contributed by atoms with van der Waals surface area (Å²) in [5, 5.41) is 6.75. The first-order chi connectivity index (χ1) is 9.99. The van der Waals surface area contributed by atoms with Crippen LogP contribution in [0.3, 0.4) is 0 Å². The number of cyclic esters (lactones) is 1. The Morgan fingerprint density at radius 1 is 1.38 bits per heavy atom. The molecule has 3 atom stereocenters. The van der Waals surface area contributed by atoms with Crippen molar-refractivity contribution in [3.63, 3.8) is 0 Å². The Morgan fingerprint density at radius 3 is 2.52 bits per heavy atom. The van der Waals surface area contributed by atoms with Crippen LogP contribution in [0.4, 0.5) is 0 Å². The number of carbonyl (C=O) groups is 1. The van der Waals surface area contributed by atoms with E-state index in [1.54, 1.807) is 7.11 Å². The fraction of sp³-hybridized carbons (Fsp3) is 0.875. The average molecular weight is 296 g/mol. The number of nitrogens with zero attached hydrogens (tertiary/aromatic N) is 2. The van der Waals surface area contributed by atoms with Crippen LogP contribution >= 0.6 is 0 Å². The molecule has 2 rings (SSSR count). The number of rotatable bonds is 5. The second-order valence-electron chi connectivity index (χ2n) is 6.18. The summed E-state index contributed by atoms with van der Waals surface area (Å²) in [6.45, 7) is 9.12. The molecule has 0 radical (unpaired) electrons.